The minimum absolute atomic E-state index is 0.0194. The standard InChI is InChI=1S/C22H20ClFN2O3/c1-13-9-16(5-6-19(13)24)26-22-18(21(27)25-12-17-3-2-8-28-17)11-14-10-15(23)4-7-20(14)29-22/h4-7,9-11,17H,2-3,8,12H2,1H3,(H,25,27)/t17-/m1/s1. The first-order valence-electron chi connectivity index (χ1n) is 9.44. The molecule has 29 heavy (non-hydrogen) atoms. The quantitative estimate of drug-likeness (QED) is 0.674. The molecule has 0 saturated carbocycles. The van der Waals surface area contributed by atoms with E-state index in [0.29, 0.717) is 33.8 Å². The van der Waals surface area contributed by atoms with E-state index in [2.05, 4.69) is 10.3 Å². The summed E-state index contributed by atoms with van der Waals surface area (Å²) in [5.41, 5.74) is 1.93. The number of nitrogens with zero attached hydrogens (tertiary/aromatic N) is 1. The Kier molecular flexibility index (Phi) is 5.65. The maximum absolute atomic E-state index is 13.6. The average Bonchev–Trinajstić information content (AvgIpc) is 3.22. The number of carbonyl (C=O) groups excluding carboxylic acids is 1. The normalized spacial score (nSPS) is 17.1. The van der Waals surface area contributed by atoms with E-state index in [4.69, 9.17) is 20.8 Å². The molecule has 0 spiro atoms. The van der Waals surface area contributed by atoms with Gasteiger partial charge in [0, 0.05) is 23.6 Å². The molecular formula is C22H20ClFN2O3. The Hall–Kier alpha value is -2.70. The van der Waals surface area contributed by atoms with Crippen molar-refractivity contribution in [2.24, 2.45) is 4.99 Å². The topological polar surface area (TPSA) is 63.8 Å². The number of ether oxygens (including phenoxy) is 1. The molecule has 4 rings (SSSR count). The van der Waals surface area contributed by atoms with Crippen molar-refractivity contribution in [2.45, 2.75) is 25.9 Å². The minimum Gasteiger partial charge on any atom is -0.438 e. The number of hydrogen-bond donors (Lipinski definition) is 1. The van der Waals surface area contributed by atoms with Gasteiger partial charge in [-0.25, -0.2) is 9.38 Å². The monoisotopic (exact) mass is 414 g/mol. The van der Waals surface area contributed by atoms with Crippen LogP contribution in [0.25, 0.3) is 11.0 Å². The van der Waals surface area contributed by atoms with Gasteiger partial charge in [0.1, 0.15) is 17.0 Å². The Bertz CT molecular complexity index is 1140. The van der Waals surface area contributed by atoms with Gasteiger partial charge in [-0.1, -0.05) is 11.6 Å². The summed E-state index contributed by atoms with van der Waals surface area (Å²) in [5.74, 6) is -0.632. The number of hydrogen-bond acceptors (Lipinski definition) is 4. The van der Waals surface area contributed by atoms with Crippen LogP contribution in [-0.4, -0.2) is 25.2 Å². The number of nitrogens with one attached hydrogen (secondary N) is 1. The first-order valence-corrected chi connectivity index (χ1v) is 9.81. The number of carbonyl (C=O) groups is 1. The molecule has 150 valence electrons. The molecule has 2 heterocycles. The van der Waals surface area contributed by atoms with E-state index in [1.54, 1.807) is 37.3 Å². The molecule has 7 heteroatoms. The summed E-state index contributed by atoms with van der Waals surface area (Å²) in [6.07, 6.45) is 1.93. The van der Waals surface area contributed by atoms with Gasteiger partial charge in [-0.05, 0) is 67.8 Å². The van der Waals surface area contributed by atoms with E-state index in [9.17, 15) is 9.18 Å². The molecule has 0 bridgehead atoms. The fourth-order valence-electron chi connectivity index (χ4n) is 3.27. The van der Waals surface area contributed by atoms with Crippen LogP contribution in [0.3, 0.4) is 0 Å². The number of aryl methyl sites for hydroxylation is 1. The van der Waals surface area contributed by atoms with Crippen LogP contribution in [0.2, 0.25) is 5.02 Å². The molecule has 5 nitrogen and oxygen atoms in total. The molecule has 0 aliphatic carbocycles. The van der Waals surface area contributed by atoms with E-state index in [0.717, 1.165) is 19.4 Å². The molecule has 1 atom stereocenters. The molecule has 3 aromatic rings. The Morgan fingerprint density at radius 3 is 2.90 bits per heavy atom. The molecule has 1 aliphatic heterocycles. The molecule has 1 aromatic heterocycles. The number of amides is 1. The fourth-order valence-corrected chi connectivity index (χ4v) is 3.45. The van der Waals surface area contributed by atoms with Crippen LogP contribution in [0.1, 0.15) is 28.8 Å². The van der Waals surface area contributed by atoms with Crippen LogP contribution in [0.15, 0.2) is 51.9 Å². The van der Waals surface area contributed by atoms with Gasteiger partial charge >= 0.3 is 0 Å². The number of fused-ring (bicyclic) bond motifs is 1. The van der Waals surface area contributed by atoms with Crippen LogP contribution in [0.5, 0.6) is 0 Å². The summed E-state index contributed by atoms with van der Waals surface area (Å²) < 4.78 is 25.1. The van der Waals surface area contributed by atoms with Crippen LogP contribution in [0.4, 0.5) is 10.1 Å². The van der Waals surface area contributed by atoms with Crippen LogP contribution < -0.4 is 10.9 Å². The third-order valence-electron chi connectivity index (χ3n) is 4.84. The van der Waals surface area contributed by atoms with Gasteiger partial charge in [0.15, 0.2) is 0 Å². The van der Waals surface area contributed by atoms with Crippen molar-refractivity contribution in [3.8, 4) is 0 Å². The lowest BCUT2D eigenvalue weighted by molar-refractivity contribution is 0.0854. The lowest BCUT2D eigenvalue weighted by Gasteiger charge is -2.11. The summed E-state index contributed by atoms with van der Waals surface area (Å²) in [7, 11) is 0. The van der Waals surface area contributed by atoms with E-state index in [1.807, 2.05) is 0 Å². The molecule has 0 unspecified atom stereocenters. The highest BCUT2D eigenvalue weighted by atomic mass is 35.5. The Morgan fingerprint density at radius 1 is 1.28 bits per heavy atom. The molecule has 0 radical (unpaired) electrons. The van der Waals surface area contributed by atoms with Crippen molar-refractivity contribution >= 4 is 34.2 Å². The fraction of sp³-hybridized carbons (Fsp3) is 0.273. The van der Waals surface area contributed by atoms with Crippen molar-refractivity contribution in [3.63, 3.8) is 0 Å². The predicted molar refractivity (Wildman–Crippen MR) is 109 cm³/mol. The zero-order valence-electron chi connectivity index (χ0n) is 15.9. The second-order valence-electron chi connectivity index (χ2n) is 7.04. The molecule has 2 aromatic carbocycles. The van der Waals surface area contributed by atoms with Gasteiger partial charge in [0.25, 0.3) is 5.91 Å². The third kappa shape index (κ3) is 4.49. The summed E-state index contributed by atoms with van der Waals surface area (Å²) in [6.45, 7) is 2.79. The maximum atomic E-state index is 13.6. The highest BCUT2D eigenvalue weighted by Gasteiger charge is 2.18. The zero-order valence-corrected chi connectivity index (χ0v) is 16.6. The van der Waals surface area contributed by atoms with Crippen molar-refractivity contribution in [1.29, 1.82) is 0 Å². The Morgan fingerprint density at radius 2 is 2.14 bits per heavy atom. The molecule has 1 N–H and O–H groups in total. The van der Waals surface area contributed by atoms with Crippen molar-refractivity contribution in [1.82, 2.24) is 5.32 Å². The summed E-state index contributed by atoms with van der Waals surface area (Å²) in [5, 5.41) is 4.12. The van der Waals surface area contributed by atoms with Gasteiger partial charge < -0.3 is 14.5 Å². The smallest absolute Gasteiger partial charge is 0.256 e. The van der Waals surface area contributed by atoms with Crippen molar-refractivity contribution in [2.75, 3.05) is 13.2 Å². The van der Waals surface area contributed by atoms with Gasteiger partial charge in [0.2, 0.25) is 5.55 Å². The first kappa shape index (κ1) is 19.6. The average molecular weight is 415 g/mol. The summed E-state index contributed by atoms with van der Waals surface area (Å²) in [4.78, 5) is 17.3. The van der Waals surface area contributed by atoms with Gasteiger partial charge in [-0.3, -0.25) is 4.79 Å². The van der Waals surface area contributed by atoms with Gasteiger partial charge in [0.05, 0.1) is 11.8 Å². The first-order chi connectivity index (χ1) is 14.0. The number of rotatable bonds is 4. The maximum Gasteiger partial charge on any atom is 0.256 e. The largest absolute Gasteiger partial charge is 0.438 e. The second kappa shape index (κ2) is 8.35. The lowest BCUT2D eigenvalue weighted by Crippen LogP contribution is -2.34. The third-order valence-corrected chi connectivity index (χ3v) is 5.07. The molecule has 1 aliphatic rings. The molecular weight excluding hydrogens is 395 g/mol. The van der Waals surface area contributed by atoms with Crippen LogP contribution in [0, 0.1) is 12.7 Å². The van der Waals surface area contributed by atoms with Gasteiger partial charge in [-0.2, -0.15) is 0 Å². The SMILES string of the molecule is Cc1cc(N=c2oc3ccc(Cl)cc3cc2C(=O)NC[C@H]2CCCO2)ccc1F. The van der Waals surface area contributed by atoms with Crippen LogP contribution >= 0.6 is 11.6 Å². The predicted octanol–water partition coefficient (Wildman–Crippen LogP) is 4.67. The highest BCUT2D eigenvalue weighted by Crippen LogP contribution is 2.21. The van der Waals surface area contributed by atoms with E-state index in [1.165, 1.54) is 12.1 Å². The second-order valence-corrected chi connectivity index (χ2v) is 7.47. The van der Waals surface area contributed by atoms with Gasteiger partial charge in [-0.15, -0.1) is 0 Å². The lowest BCUT2D eigenvalue weighted by atomic mass is 10.1. The zero-order chi connectivity index (χ0) is 20.4. The number of halogens is 2. The Balaban J connectivity index is 1.76. The molecule has 1 amide bonds. The van der Waals surface area contributed by atoms with E-state index >= 15 is 0 Å². The summed E-state index contributed by atoms with van der Waals surface area (Å²) >= 11 is 6.08. The van der Waals surface area contributed by atoms with Crippen molar-refractivity contribution in [3.05, 3.63) is 70.0 Å². The molecule has 1 saturated heterocycles. The summed E-state index contributed by atoms with van der Waals surface area (Å²) in [6, 6.07) is 11.3. The highest BCUT2D eigenvalue weighted by molar-refractivity contribution is 6.31. The Labute approximate surface area is 172 Å². The van der Waals surface area contributed by atoms with Crippen LogP contribution in [-0.2, 0) is 4.74 Å². The molecule has 1 fully saturated rings. The number of benzene rings is 2. The van der Waals surface area contributed by atoms with Crippen molar-refractivity contribution < 1.29 is 18.3 Å². The van der Waals surface area contributed by atoms with E-state index < -0.39 is 0 Å². The minimum atomic E-state index is -0.316. The van der Waals surface area contributed by atoms with E-state index in [-0.39, 0.29) is 28.9 Å².